The molecule has 0 saturated carbocycles. The number of rotatable bonds is 4. The van der Waals surface area contributed by atoms with Crippen LogP contribution in [-0.4, -0.2) is 39.7 Å². The molecule has 0 amide bonds. The van der Waals surface area contributed by atoms with Gasteiger partial charge in [-0.1, -0.05) is 5.16 Å². The van der Waals surface area contributed by atoms with E-state index in [1.165, 1.54) is 12.8 Å². The standard InChI is InChI=1S/C14H19N5O/c1-10-6-11(8-16-7-10)14-17-13(18-20-14)12(15)9-19-4-2-3-5-19/h6-8,12H,2-5,9,15H2,1H3. The van der Waals surface area contributed by atoms with Gasteiger partial charge in [-0.15, -0.1) is 0 Å². The van der Waals surface area contributed by atoms with Crippen LogP contribution in [0.5, 0.6) is 0 Å². The molecule has 20 heavy (non-hydrogen) atoms. The average Bonchev–Trinajstić information content (AvgIpc) is 3.09. The molecule has 1 aliphatic heterocycles. The Kier molecular flexibility index (Phi) is 3.75. The largest absolute Gasteiger partial charge is 0.334 e. The van der Waals surface area contributed by atoms with Gasteiger partial charge in [-0.05, 0) is 44.5 Å². The molecule has 1 atom stereocenters. The van der Waals surface area contributed by atoms with Crippen molar-refractivity contribution in [3.05, 3.63) is 29.8 Å². The van der Waals surface area contributed by atoms with Crippen LogP contribution < -0.4 is 5.73 Å². The van der Waals surface area contributed by atoms with Crippen molar-refractivity contribution in [3.63, 3.8) is 0 Å². The fourth-order valence-electron chi connectivity index (χ4n) is 2.50. The number of nitrogens with two attached hydrogens (primary N) is 1. The fourth-order valence-corrected chi connectivity index (χ4v) is 2.50. The van der Waals surface area contributed by atoms with E-state index in [1.807, 2.05) is 13.0 Å². The van der Waals surface area contributed by atoms with E-state index in [2.05, 4.69) is 20.0 Å². The van der Waals surface area contributed by atoms with Gasteiger partial charge in [-0.2, -0.15) is 4.98 Å². The van der Waals surface area contributed by atoms with Crippen LogP contribution in [0.1, 0.15) is 30.3 Å². The maximum absolute atomic E-state index is 6.15. The van der Waals surface area contributed by atoms with Crippen molar-refractivity contribution in [2.24, 2.45) is 5.73 Å². The van der Waals surface area contributed by atoms with Crippen LogP contribution in [0.3, 0.4) is 0 Å². The molecule has 1 aliphatic rings. The third-order valence-corrected chi connectivity index (χ3v) is 3.55. The molecule has 2 N–H and O–H groups in total. The minimum Gasteiger partial charge on any atom is -0.334 e. The first-order valence-electron chi connectivity index (χ1n) is 6.96. The van der Waals surface area contributed by atoms with Crippen molar-refractivity contribution >= 4 is 0 Å². The highest BCUT2D eigenvalue weighted by molar-refractivity contribution is 5.51. The third kappa shape index (κ3) is 2.86. The Balaban J connectivity index is 1.72. The summed E-state index contributed by atoms with van der Waals surface area (Å²) < 4.78 is 5.29. The number of hydrogen-bond acceptors (Lipinski definition) is 6. The van der Waals surface area contributed by atoms with E-state index in [-0.39, 0.29) is 6.04 Å². The summed E-state index contributed by atoms with van der Waals surface area (Å²) in [6, 6.07) is 1.76. The van der Waals surface area contributed by atoms with E-state index in [0.717, 1.165) is 30.8 Å². The van der Waals surface area contributed by atoms with Crippen molar-refractivity contribution in [2.75, 3.05) is 19.6 Å². The molecular weight excluding hydrogens is 254 g/mol. The van der Waals surface area contributed by atoms with Gasteiger partial charge < -0.3 is 15.2 Å². The molecule has 3 heterocycles. The molecule has 0 spiro atoms. The molecule has 1 fully saturated rings. The first kappa shape index (κ1) is 13.2. The van der Waals surface area contributed by atoms with E-state index >= 15 is 0 Å². The highest BCUT2D eigenvalue weighted by Crippen LogP contribution is 2.19. The Hall–Kier alpha value is -1.79. The second-order valence-corrected chi connectivity index (χ2v) is 5.32. The van der Waals surface area contributed by atoms with Gasteiger partial charge in [0.05, 0.1) is 11.6 Å². The van der Waals surface area contributed by atoms with Gasteiger partial charge in [-0.25, -0.2) is 0 Å². The summed E-state index contributed by atoms with van der Waals surface area (Å²) >= 11 is 0. The van der Waals surface area contributed by atoms with Gasteiger partial charge in [-0.3, -0.25) is 4.98 Å². The third-order valence-electron chi connectivity index (χ3n) is 3.55. The van der Waals surface area contributed by atoms with Crippen molar-refractivity contribution < 1.29 is 4.52 Å². The Morgan fingerprint density at radius 3 is 2.90 bits per heavy atom. The van der Waals surface area contributed by atoms with Gasteiger partial charge in [0.15, 0.2) is 5.82 Å². The fraction of sp³-hybridized carbons (Fsp3) is 0.500. The number of nitrogens with zero attached hydrogens (tertiary/aromatic N) is 4. The molecule has 1 unspecified atom stereocenters. The van der Waals surface area contributed by atoms with Crippen LogP contribution in [0.4, 0.5) is 0 Å². The normalized spacial score (nSPS) is 17.5. The van der Waals surface area contributed by atoms with Gasteiger partial charge in [0.25, 0.3) is 5.89 Å². The maximum atomic E-state index is 6.15. The topological polar surface area (TPSA) is 81.1 Å². The Morgan fingerprint density at radius 2 is 2.15 bits per heavy atom. The van der Waals surface area contributed by atoms with Crippen molar-refractivity contribution in [1.29, 1.82) is 0 Å². The van der Waals surface area contributed by atoms with Crippen LogP contribution >= 0.6 is 0 Å². The van der Waals surface area contributed by atoms with Crippen LogP contribution in [0, 0.1) is 6.92 Å². The zero-order valence-corrected chi connectivity index (χ0v) is 11.6. The Bertz CT molecular complexity index is 576. The van der Waals surface area contributed by atoms with Crippen LogP contribution in [0.15, 0.2) is 23.0 Å². The second kappa shape index (κ2) is 5.68. The Morgan fingerprint density at radius 1 is 1.35 bits per heavy atom. The monoisotopic (exact) mass is 273 g/mol. The molecular formula is C14H19N5O. The molecule has 0 aliphatic carbocycles. The minimum absolute atomic E-state index is 0.205. The zero-order chi connectivity index (χ0) is 13.9. The van der Waals surface area contributed by atoms with E-state index in [0.29, 0.717) is 11.7 Å². The zero-order valence-electron chi connectivity index (χ0n) is 11.6. The smallest absolute Gasteiger partial charge is 0.259 e. The van der Waals surface area contributed by atoms with Gasteiger partial charge in [0, 0.05) is 18.9 Å². The molecule has 1 saturated heterocycles. The second-order valence-electron chi connectivity index (χ2n) is 5.32. The summed E-state index contributed by atoms with van der Waals surface area (Å²) in [5, 5.41) is 4.00. The highest BCUT2D eigenvalue weighted by Gasteiger charge is 2.20. The van der Waals surface area contributed by atoms with Crippen LogP contribution in [0.2, 0.25) is 0 Å². The number of hydrogen-bond donors (Lipinski definition) is 1. The van der Waals surface area contributed by atoms with E-state index in [9.17, 15) is 0 Å². The number of pyridine rings is 1. The van der Waals surface area contributed by atoms with E-state index in [4.69, 9.17) is 10.3 Å². The van der Waals surface area contributed by atoms with Crippen LogP contribution in [0.25, 0.3) is 11.5 Å². The average molecular weight is 273 g/mol. The molecule has 0 bridgehead atoms. The predicted octanol–water partition coefficient (Wildman–Crippen LogP) is 1.54. The number of likely N-dealkylation sites (tertiary alicyclic amines) is 1. The highest BCUT2D eigenvalue weighted by atomic mass is 16.5. The quantitative estimate of drug-likeness (QED) is 0.910. The first-order valence-corrected chi connectivity index (χ1v) is 6.96. The van der Waals surface area contributed by atoms with Crippen molar-refractivity contribution in [3.8, 4) is 11.5 Å². The molecule has 6 heteroatoms. The lowest BCUT2D eigenvalue weighted by atomic mass is 10.2. The lowest BCUT2D eigenvalue weighted by molar-refractivity contribution is 0.306. The molecule has 3 rings (SSSR count). The summed E-state index contributed by atoms with van der Waals surface area (Å²) in [5.74, 6) is 1.04. The molecule has 2 aromatic heterocycles. The predicted molar refractivity (Wildman–Crippen MR) is 74.9 cm³/mol. The summed E-state index contributed by atoms with van der Waals surface area (Å²) in [7, 11) is 0. The molecule has 106 valence electrons. The first-order chi connectivity index (χ1) is 9.72. The minimum atomic E-state index is -0.205. The molecule has 0 aromatic carbocycles. The molecule has 6 nitrogen and oxygen atoms in total. The SMILES string of the molecule is Cc1cncc(-c2nc(C(N)CN3CCCC3)no2)c1. The van der Waals surface area contributed by atoms with Gasteiger partial charge in [0.2, 0.25) is 0 Å². The lowest BCUT2D eigenvalue weighted by Crippen LogP contribution is -2.30. The molecule has 2 aromatic rings. The maximum Gasteiger partial charge on any atom is 0.259 e. The van der Waals surface area contributed by atoms with Crippen molar-refractivity contribution in [1.82, 2.24) is 20.0 Å². The van der Waals surface area contributed by atoms with Gasteiger partial charge in [0.1, 0.15) is 0 Å². The Labute approximate surface area is 118 Å². The summed E-state index contributed by atoms with van der Waals surface area (Å²) in [5.41, 5.74) is 8.04. The van der Waals surface area contributed by atoms with Crippen molar-refractivity contribution in [2.45, 2.75) is 25.8 Å². The van der Waals surface area contributed by atoms with E-state index < -0.39 is 0 Å². The van der Waals surface area contributed by atoms with Crippen LogP contribution in [-0.2, 0) is 0 Å². The number of aromatic nitrogens is 3. The number of aryl methyl sites for hydroxylation is 1. The lowest BCUT2D eigenvalue weighted by Gasteiger charge is -2.17. The summed E-state index contributed by atoms with van der Waals surface area (Å²) in [6.07, 6.45) is 6.01. The molecule has 0 radical (unpaired) electrons. The van der Waals surface area contributed by atoms with E-state index in [1.54, 1.807) is 12.4 Å². The summed E-state index contributed by atoms with van der Waals surface area (Å²) in [6.45, 7) is 4.98. The van der Waals surface area contributed by atoms with Gasteiger partial charge >= 0.3 is 0 Å². The summed E-state index contributed by atoms with van der Waals surface area (Å²) in [4.78, 5) is 10.9.